The fourth-order valence-corrected chi connectivity index (χ4v) is 2.28. The van der Waals surface area contributed by atoms with Gasteiger partial charge in [-0.05, 0) is 18.6 Å². The summed E-state index contributed by atoms with van der Waals surface area (Å²) in [6.07, 6.45) is 6.83. The third-order valence-electron chi connectivity index (χ3n) is 3.24. The Balaban J connectivity index is 2.12. The number of hydrogen-bond donors (Lipinski definition) is 1. The molecule has 0 saturated heterocycles. The quantitative estimate of drug-likeness (QED) is 0.800. The van der Waals surface area contributed by atoms with Gasteiger partial charge in [-0.25, -0.2) is 4.98 Å². The molecule has 0 atom stereocenters. The molecule has 0 spiro atoms. The van der Waals surface area contributed by atoms with E-state index in [0.29, 0.717) is 12.2 Å². The summed E-state index contributed by atoms with van der Waals surface area (Å²) in [7, 11) is 1.86. The monoisotopic (exact) mass is 283 g/mol. The summed E-state index contributed by atoms with van der Waals surface area (Å²) >= 11 is 0. The number of fused-ring (bicyclic) bond motifs is 1. The molecule has 1 amide bonds. The summed E-state index contributed by atoms with van der Waals surface area (Å²) < 4.78 is 3.60. The fourth-order valence-electron chi connectivity index (χ4n) is 2.28. The summed E-state index contributed by atoms with van der Waals surface area (Å²) in [5, 5.41) is 7.14. The highest BCUT2D eigenvalue weighted by Gasteiger charge is 2.16. The number of carbonyl (C=O) groups is 1. The van der Waals surface area contributed by atoms with Crippen LogP contribution in [0.4, 0.5) is 5.82 Å². The van der Waals surface area contributed by atoms with E-state index < -0.39 is 0 Å². The molecule has 6 nitrogen and oxygen atoms in total. The summed E-state index contributed by atoms with van der Waals surface area (Å²) in [6, 6.07) is 5.75. The first-order valence-corrected chi connectivity index (χ1v) is 6.95. The van der Waals surface area contributed by atoms with Crippen LogP contribution in [-0.4, -0.2) is 25.1 Å². The number of nitrogens with zero attached hydrogens (tertiary/aromatic N) is 4. The lowest BCUT2D eigenvalue weighted by Gasteiger charge is -2.06. The molecule has 108 valence electrons. The Morgan fingerprint density at radius 3 is 2.95 bits per heavy atom. The van der Waals surface area contributed by atoms with E-state index in [1.807, 2.05) is 49.0 Å². The number of aryl methyl sites for hydroxylation is 1. The highest BCUT2D eigenvalue weighted by Crippen LogP contribution is 2.28. The Hall–Kier alpha value is -2.63. The summed E-state index contributed by atoms with van der Waals surface area (Å²) in [5.74, 6) is 0.686. The molecule has 0 radical (unpaired) electrons. The molecule has 0 fully saturated rings. The van der Waals surface area contributed by atoms with Gasteiger partial charge in [-0.1, -0.05) is 13.0 Å². The average molecular weight is 283 g/mol. The zero-order chi connectivity index (χ0) is 14.8. The van der Waals surface area contributed by atoms with E-state index >= 15 is 0 Å². The number of rotatable bonds is 4. The number of hydrogen-bond acceptors (Lipinski definition) is 3. The Labute approximate surface area is 122 Å². The largest absolute Gasteiger partial charge is 0.310 e. The maximum Gasteiger partial charge on any atom is 0.225 e. The number of amides is 1. The molecule has 3 aromatic heterocycles. The first kappa shape index (κ1) is 13.4. The Bertz CT molecular complexity index is 786. The molecule has 6 heteroatoms. The van der Waals surface area contributed by atoms with Crippen molar-refractivity contribution in [2.75, 3.05) is 5.32 Å². The molecular weight excluding hydrogens is 266 g/mol. The zero-order valence-electron chi connectivity index (χ0n) is 12.1. The van der Waals surface area contributed by atoms with Gasteiger partial charge in [-0.2, -0.15) is 5.10 Å². The smallest absolute Gasteiger partial charge is 0.225 e. The van der Waals surface area contributed by atoms with Crippen molar-refractivity contribution in [1.29, 1.82) is 0 Å². The molecule has 0 unspecified atom stereocenters. The van der Waals surface area contributed by atoms with Crippen LogP contribution in [0.2, 0.25) is 0 Å². The number of carbonyl (C=O) groups excluding carboxylic acids is 1. The molecule has 0 saturated carbocycles. The van der Waals surface area contributed by atoms with Crippen molar-refractivity contribution < 1.29 is 4.79 Å². The van der Waals surface area contributed by atoms with Crippen LogP contribution in [0, 0.1) is 0 Å². The molecule has 3 aromatic rings. The molecule has 0 bridgehead atoms. The highest BCUT2D eigenvalue weighted by atomic mass is 16.1. The van der Waals surface area contributed by atoms with Gasteiger partial charge in [-0.15, -0.1) is 0 Å². The maximum atomic E-state index is 12.0. The van der Waals surface area contributed by atoms with Crippen molar-refractivity contribution in [3.05, 3.63) is 36.8 Å². The molecule has 0 aromatic carbocycles. The van der Waals surface area contributed by atoms with Crippen molar-refractivity contribution in [1.82, 2.24) is 19.2 Å². The predicted molar refractivity (Wildman–Crippen MR) is 80.9 cm³/mol. The first-order valence-electron chi connectivity index (χ1n) is 6.95. The van der Waals surface area contributed by atoms with E-state index in [1.54, 1.807) is 10.9 Å². The van der Waals surface area contributed by atoms with Gasteiger partial charge in [0.1, 0.15) is 17.2 Å². The Kier molecular flexibility index (Phi) is 3.43. The van der Waals surface area contributed by atoms with Crippen LogP contribution in [0.3, 0.4) is 0 Å². The van der Waals surface area contributed by atoms with E-state index in [-0.39, 0.29) is 5.91 Å². The number of nitrogens with one attached hydrogen (secondary N) is 1. The second-order valence-corrected chi connectivity index (χ2v) is 4.94. The minimum absolute atomic E-state index is 0.00621. The van der Waals surface area contributed by atoms with Gasteiger partial charge in [0.2, 0.25) is 5.91 Å². The second kappa shape index (κ2) is 5.40. The van der Waals surface area contributed by atoms with Gasteiger partial charge >= 0.3 is 0 Å². The highest BCUT2D eigenvalue weighted by molar-refractivity contribution is 5.94. The van der Waals surface area contributed by atoms with Crippen LogP contribution < -0.4 is 5.32 Å². The Morgan fingerprint density at radius 2 is 2.24 bits per heavy atom. The van der Waals surface area contributed by atoms with Gasteiger partial charge in [0.05, 0.1) is 6.20 Å². The van der Waals surface area contributed by atoms with E-state index in [2.05, 4.69) is 15.4 Å². The normalized spacial score (nSPS) is 11.0. The van der Waals surface area contributed by atoms with Crippen LogP contribution >= 0.6 is 0 Å². The molecule has 21 heavy (non-hydrogen) atoms. The van der Waals surface area contributed by atoms with E-state index in [0.717, 1.165) is 23.3 Å². The molecule has 0 aliphatic carbocycles. The molecule has 0 aliphatic rings. The van der Waals surface area contributed by atoms with Crippen LogP contribution in [0.5, 0.6) is 0 Å². The summed E-state index contributed by atoms with van der Waals surface area (Å²) in [5.41, 5.74) is 2.41. The van der Waals surface area contributed by atoms with E-state index in [1.165, 1.54) is 0 Å². The van der Waals surface area contributed by atoms with Gasteiger partial charge in [0.15, 0.2) is 0 Å². The van der Waals surface area contributed by atoms with Crippen molar-refractivity contribution in [2.45, 2.75) is 19.8 Å². The second-order valence-electron chi connectivity index (χ2n) is 4.94. The number of imidazole rings is 1. The van der Waals surface area contributed by atoms with Gasteiger partial charge in [-0.3, -0.25) is 13.9 Å². The van der Waals surface area contributed by atoms with E-state index in [9.17, 15) is 4.79 Å². The molecule has 3 heterocycles. The summed E-state index contributed by atoms with van der Waals surface area (Å²) in [6.45, 7) is 1.98. The van der Waals surface area contributed by atoms with Gasteiger partial charge < -0.3 is 5.32 Å². The van der Waals surface area contributed by atoms with E-state index in [4.69, 9.17) is 0 Å². The maximum absolute atomic E-state index is 12.0. The van der Waals surface area contributed by atoms with Crippen LogP contribution in [0.15, 0.2) is 36.8 Å². The average Bonchev–Trinajstić information content (AvgIpc) is 3.04. The van der Waals surface area contributed by atoms with Gasteiger partial charge in [0, 0.05) is 31.4 Å². The predicted octanol–water partition coefficient (Wildman–Crippen LogP) is 2.47. The zero-order valence-corrected chi connectivity index (χ0v) is 12.1. The number of aromatic nitrogens is 4. The Morgan fingerprint density at radius 1 is 1.38 bits per heavy atom. The van der Waals surface area contributed by atoms with Crippen LogP contribution in [0.1, 0.15) is 19.8 Å². The van der Waals surface area contributed by atoms with Crippen LogP contribution in [0.25, 0.3) is 16.9 Å². The molecule has 0 aliphatic heterocycles. The minimum atomic E-state index is -0.00621. The standard InChI is InChI=1S/C15H17N5O/c1-3-6-13(21)18-15-14(11-9-16-19(2)10-11)17-12-7-4-5-8-20(12)15/h4-5,7-10H,3,6H2,1-2H3,(H,18,21). The van der Waals surface area contributed by atoms with Crippen molar-refractivity contribution in [3.63, 3.8) is 0 Å². The fraction of sp³-hybridized carbons (Fsp3) is 0.267. The molecular formula is C15H17N5O. The topological polar surface area (TPSA) is 64.2 Å². The lowest BCUT2D eigenvalue weighted by molar-refractivity contribution is -0.116. The van der Waals surface area contributed by atoms with Crippen molar-refractivity contribution in [3.8, 4) is 11.3 Å². The number of pyridine rings is 1. The SMILES string of the molecule is CCCC(=O)Nc1c(-c2cnn(C)c2)nc2ccccn12. The van der Waals surface area contributed by atoms with Gasteiger partial charge in [0.25, 0.3) is 0 Å². The van der Waals surface area contributed by atoms with Crippen molar-refractivity contribution >= 4 is 17.4 Å². The lowest BCUT2D eigenvalue weighted by Crippen LogP contribution is -2.12. The van der Waals surface area contributed by atoms with Crippen LogP contribution in [-0.2, 0) is 11.8 Å². The molecule has 3 rings (SSSR count). The molecule has 1 N–H and O–H groups in total. The third-order valence-corrected chi connectivity index (χ3v) is 3.24. The first-order chi connectivity index (χ1) is 10.2. The van der Waals surface area contributed by atoms with Crippen molar-refractivity contribution in [2.24, 2.45) is 7.05 Å². The third kappa shape index (κ3) is 2.52. The lowest BCUT2D eigenvalue weighted by atomic mass is 10.2. The minimum Gasteiger partial charge on any atom is -0.310 e. The number of anilines is 1. The summed E-state index contributed by atoms with van der Waals surface area (Å²) in [4.78, 5) is 16.6.